The number of anilines is 1. The van der Waals surface area contributed by atoms with Crippen molar-refractivity contribution in [1.82, 2.24) is 9.88 Å². The summed E-state index contributed by atoms with van der Waals surface area (Å²) in [4.78, 5) is 19.9. The van der Waals surface area contributed by atoms with Gasteiger partial charge in [-0.2, -0.15) is 18.4 Å². The molecule has 2 N–H and O–H groups in total. The molecular formula is C24H25F4N5O. The van der Waals surface area contributed by atoms with Crippen LogP contribution in [0.2, 0.25) is 0 Å². The Bertz CT molecular complexity index is 1090. The monoisotopic (exact) mass is 475 g/mol. The lowest BCUT2D eigenvalue weighted by Crippen LogP contribution is -2.40. The van der Waals surface area contributed by atoms with Crippen LogP contribution in [0, 0.1) is 34.9 Å². The van der Waals surface area contributed by atoms with E-state index in [0.29, 0.717) is 24.3 Å². The Morgan fingerprint density at radius 2 is 1.94 bits per heavy atom. The van der Waals surface area contributed by atoms with Crippen LogP contribution in [0.5, 0.6) is 0 Å². The molecule has 6 nitrogen and oxygen atoms in total. The second kappa shape index (κ2) is 9.58. The van der Waals surface area contributed by atoms with Crippen molar-refractivity contribution in [3.05, 3.63) is 59.2 Å². The van der Waals surface area contributed by atoms with E-state index in [2.05, 4.69) is 9.88 Å². The Labute approximate surface area is 195 Å². The number of aromatic nitrogens is 1. The third-order valence-corrected chi connectivity index (χ3v) is 7.01. The first-order valence-corrected chi connectivity index (χ1v) is 11.1. The lowest BCUT2D eigenvalue weighted by Gasteiger charge is -2.36. The predicted molar refractivity (Wildman–Crippen MR) is 117 cm³/mol. The number of nitrogens with zero attached hydrogens (tertiary/aromatic N) is 4. The molecule has 0 saturated carbocycles. The van der Waals surface area contributed by atoms with Crippen molar-refractivity contribution in [2.75, 3.05) is 31.1 Å². The van der Waals surface area contributed by atoms with Gasteiger partial charge in [0.1, 0.15) is 5.82 Å². The van der Waals surface area contributed by atoms with Gasteiger partial charge in [-0.25, -0.2) is 4.39 Å². The molecule has 0 spiro atoms. The predicted octanol–water partition coefficient (Wildman–Crippen LogP) is 3.56. The highest BCUT2D eigenvalue weighted by Crippen LogP contribution is 2.40. The highest BCUT2D eigenvalue weighted by atomic mass is 19.4. The van der Waals surface area contributed by atoms with Gasteiger partial charge < -0.3 is 10.6 Å². The Morgan fingerprint density at radius 3 is 2.56 bits per heavy atom. The fourth-order valence-electron chi connectivity index (χ4n) is 5.19. The number of piperidine rings is 1. The minimum absolute atomic E-state index is 0.0812. The first-order chi connectivity index (χ1) is 16.2. The molecule has 1 amide bonds. The van der Waals surface area contributed by atoms with Crippen LogP contribution < -0.4 is 10.6 Å². The zero-order valence-electron chi connectivity index (χ0n) is 18.4. The molecule has 0 unspecified atom stereocenters. The van der Waals surface area contributed by atoms with Crippen molar-refractivity contribution in [3.8, 4) is 6.07 Å². The van der Waals surface area contributed by atoms with Crippen LogP contribution in [0.15, 0.2) is 36.7 Å². The summed E-state index contributed by atoms with van der Waals surface area (Å²) in [5, 5.41) is 9.04. The quantitative estimate of drug-likeness (QED) is 0.669. The van der Waals surface area contributed by atoms with E-state index in [0.717, 1.165) is 32.0 Å². The molecule has 0 radical (unpaired) electrons. The largest absolute Gasteiger partial charge is 0.417 e. The van der Waals surface area contributed by atoms with Crippen LogP contribution in [-0.2, 0) is 17.5 Å². The molecule has 3 heterocycles. The van der Waals surface area contributed by atoms with Crippen molar-refractivity contribution in [1.29, 1.82) is 5.26 Å². The van der Waals surface area contributed by atoms with Gasteiger partial charge in [0, 0.05) is 37.1 Å². The molecular weight excluding hydrogens is 450 g/mol. The molecule has 2 aliphatic rings. The zero-order valence-corrected chi connectivity index (χ0v) is 18.4. The molecule has 2 aliphatic heterocycles. The van der Waals surface area contributed by atoms with Gasteiger partial charge in [-0.1, -0.05) is 0 Å². The molecule has 2 atom stereocenters. The topological polar surface area (TPSA) is 86.2 Å². The number of amides is 1. The van der Waals surface area contributed by atoms with Crippen LogP contribution in [-0.4, -0.2) is 42.0 Å². The van der Waals surface area contributed by atoms with Gasteiger partial charge in [0.2, 0.25) is 5.91 Å². The summed E-state index contributed by atoms with van der Waals surface area (Å²) in [5.74, 6) is -1.17. The van der Waals surface area contributed by atoms with Gasteiger partial charge in [0.05, 0.1) is 29.3 Å². The summed E-state index contributed by atoms with van der Waals surface area (Å²) in [6, 6.07) is 6.88. The second-order valence-corrected chi connectivity index (χ2v) is 9.00. The van der Waals surface area contributed by atoms with E-state index in [1.165, 1.54) is 18.3 Å². The normalized spacial score (nSPS) is 22.0. The fraction of sp³-hybridized carbons (Fsp3) is 0.458. The molecule has 0 bridgehead atoms. The summed E-state index contributed by atoms with van der Waals surface area (Å²) >= 11 is 0. The Morgan fingerprint density at radius 1 is 1.21 bits per heavy atom. The van der Waals surface area contributed by atoms with Crippen molar-refractivity contribution >= 4 is 11.6 Å². The van der Waals surface area contributed by atoms with E-state index in [4.69, 9.17) is 11.0 Å². The molecule has 1 aromatic carbocycles. The fourth-order valence-corrected chi connectivity index (χ4v) is 5.19. The Balaban J connectivity index is 1.46. The van der Waals surface area contributed by atoms with E-state index in [1.807, 2.05) is 0 Å². The smallest absolute Gasteiger partial charge is 0.370 e. The molecule has 2 aromatic rings. The lowest BCUT2D eigenvalue weighted by atomic mass is 9.78. The molecule has 34 heavy (non-hydrogen) atoms. The molecule has 2 saturated heterocycles. The molecule has 2 fully saturated rings. The standard InChI is InChI=1S/C24H25F4N5O/c25-22-11-31-6-3-17(22)12-32-7-4-15(5-8-32)19-13-33(14-20(19)23(30)34)18-2-1-16(10-29)21(9-18)24(26,27)28/h1-3,6,9,11,15,19-20H,4-5,7-8,12-14H2,(H2,30,34)/t19-,20+/m0/s1. The van der Waals surface area contributed by atoms with E-state index in [-0.39, 0.29) is 24.2 Å². The van der Waals surface area contributed by atoms with Gasteiger partial charge in [-0.15, -0.1) is 0 Å². The number of benzene rings is 1. The number of carbonyl (C=O) groups excluding carboxylic acids is 1. The molecule has 1 aromatic heterocycles. The van der Waals surface area contributed by atoms with Crippen LogP contribution >= 0.6 is 0 Å². The maximum absolute atomic E-state index is 13.9. The average Bonchev–Trinajstić information content (AvgIpc) is 3.26. The minimum Gasteiger partial charge on any atom is -0.370 e. The minimum atomic E-state index is -4.65. The second-order valence-electron chi connectivity index (χ2n) is 9.00. The number of pyridine rings is 1. The summed E-state index contributed by atoms with van der Waals surface area (Å²) in [6.07, 6.45) is -0.320. The number of rotatable bonds is 5. The number of primary amides is 1. The van der Waals surface area contributed by atoms with Crippen molar-refractivity contribution in [3.63, 3.8) is 0 Å². The van der Waals surface area contributed by atoms with E-state index < -0.39 is 29.1 Å². The number of likely N-dealkylation sites (tertiary alicyclic amines) is 1. The maximum atomic E-state index is 13.9. The van der Waals surface area contributed by atoms with E-state index >= 15 is 0 Å². The van der Waals surface area contributed by atoms with E-state index in [9.17, 15) is 22.4 Å². The van der Waals surface area contributed by atoms with Gasteiger partial charge >= 0.3 is 6.18 Å². The van der Waals surface area contributed by atoms with Crippen molar-refractivity contribution < 1.29 is 22.4 Å². The highest BCUT2D eigenvalue weighted by Gasteiger charge is 2.42. The van der Waals surface area contributed by atoms with Gasteiger partial charge in [0.25, 0.3) is 0 Å². The summed E-state index contributed by atoms with van der Waals surface area (Å²) in [7, 11) is 0. The number of halogens is 4. The third kappa shape index (κ3) is 4.99. The summed E-state index contributed by atoms with van der Waals surface area (Å²) in [6.45, 7) is 2.58. The SMILES string of the molecule is N#Cc1ccc(N2C[C@@H](C(N)=O)[C@H](C3CCN(Cc4ccncc4F)CC3)C2)cc1C(F)(F)F. The summed E-state index contributed by atoms with van der Waals surface area (Å²) < 4.78 is 54.2. The maximum Gasteiger partial charge on any atom is 0.417 e. The first kappa shape index (κ1) is 24.0. The van der Waals surface area contributed by atoms with Crippen LogP contribution in [0.25, 0.3) is 0 Å². The number of hydrogen-bond donors (Lipinski definition) is 1. The average molecular weight is 475 g/mol. The number of carbonyl (C=O) groups is 1. The van der Waals surface area contributed by atoms with Gasteiger partial charge in [0.15, 0.2) is 0 Å². The highest BCUT2D eigenvalue weighted by molar-refractivity contribution is 5.79. The Kier molecular flexibility index (Phi) is 6.75. The van der Waals surface area contributed by atoms with Crippen molar-refractivity contribution in [2.45, 2.75) is 25.6 Å². The number of nitrogens with two attached hydrogens (primary N) is 1. The third-order valence-electron chi connectivity index (χ3n) is 7.01. The van der Waals surface area contributed by atoms with Crippen LogP contribution in [0.1, 0.15) is 29.5 Å². The van der Waals surface area contributed by atoms with Gasteiger partial charge in [-0.3, -0.25) is 14.7 Å². The zero-order chi connectivity index (χ0) is 24.5. The molecule has 4 rings (SSSR count). The molecule has 10 heteroatoms. The number of nitriles is 1. The van der Waals surface area contributed by atoms with Gasteiger partial charge in [-0.05, 0) is 62.0 Å². The van der Waals surface area contributed by atoms with Crippen LogP contribution in [0.3, 0.4) is 0 Å². The summed E-state index contributed by atoms with van der Waals surface area (Å²) in [5.41, 5.74) is 5.17. The molecule has 0 aliphatic carbocycles. The van der Waals surface area contributed by atoms with E-state index in [1.54, 1.807) is 23.2 Å². The lowest BCUT2D eigenvalue weighted by molar-refractivity contribution is -0.137. The Hall–Kier alpha value is -3.19. The number of alkyl halides is 3. The molecule has 180 valence electrons. The van der Waals surface area contributed by atoms with Crippen LogP contribution in [0.4, 0.5) is 23.2 Å². The first-order valence-electron chi connectivity index (χ1n) is 11.1. The number of hydrogen-bond acceptors (Lipinski definition) is 5. The van der Waals surface area contributed by atoms with Crippen molar-refractivity contribution in [2.24, 2.45) is 23.5 Å².